The third-order valence-corrected chi connectivity index (χ3v) is 3.51. The number of allylic oxidation sites excluding steroid dienone is 4. The predicted molar refractivity (Wildman–Crippen MR) is 77.5 cm³/mol. The maximum Gasteiger partial charge on any atom is 0.116 e. The summed E-state index contributed by atoms with van der Waals surface area (Å²) in [5.74, 6) is 0.829. The zero-order valence-electron chi connectivity index (χ0n) is 10.8. The lowest BCUT2D eigenvalue weighted by molar-refractivity contribution is 0.646. The SMILES string of the molecule is C1=CCC2CCNC2=C1.c1ccc2ncncc2c1. The Balaban J connectivity index is 0.000000117. The second kappa shape index (κ2) is 5.65. The minimum absolute atomic E-state index is 0.829. The summed E-state index contributed by atoms with van der Waals surface area (Å²) in [6.07, 6.45) is 12.5. The zero-order chi connectivity index (χ0) is 12.9. The molecule has 1 aliphatic carbocycles. The summed E-state index contributed by atoms with van der Waals surface area (Å²) < 4.78 is 0. The molecule has 0 spiro atoms. The molecule has 1 N–H and O–H groups in total. The van der Waals surface area contributed by atoms with Gasteiger partial charge in [-0.3, -0.25) is 0 Å². The molecule has 0 amide bonds. The second-order valence-corrected chi connectivity index (χ2v) is 4.78. The van der Waals surface area contributed by atoms with E-state index in [0.29, 0.717) is 0 Å². The molecule has 1 fully saturated rings. The highest BCUT2D eigenvalue weighted by Crippen LogP contribution is 2.25. The molecular formula is C16H17N3. The van der Waals surface area contributed by atoms with Crippen molar-refractivity contribution >= 4 is 10.9 Å². The van der Waals surface area contributed by atoms with Crippen LogP contribution in [0.4, 0.5) is 0 Å². The van der Waals surface area contributed by atoms with Crippen LogP contribution < -0.4 is 5.32 Å². The van der Waals surface area contributed by atoms with Gasteiger partial charge >= 0.3 is 0 Å². The summed E-state index contributed by atoms with van der Waals surface area (Å²) in [4.78, 5) is 7.97. The fraction of sp³-hybridized carbons (Fsp3) is 0.250. The van der Waals surface area contributed by atoms with E-state index in [-0.39, 0.29) is 0 Å². The number of nitrogens with one attached hydrogen (secondary N) is 1. The van der Waals surface area contributed by atoms with Crippen molar-refractivity contribution in [3.63, 3.8) is 0 Å². The van der Waals surface area contributed by atoms with Gasteiger partial charge in [-0.1, -0.05) is 30.4 Å². The Bertz CT molecular complexity index is 551. The van der Waals surface area contributed by atoms with E-state index in [0.717, 1.165) is 16.8 Å². The average Bonchev–Trinajstić information content (AvgIpc) is 2.96. The van der Waals surface area contributed by atoms with E-state index < -0.39 is 0 Å². The van der Waals surface area contributed by atoms with Gasteiger partial charge in [0.2, 0.25) is 0 Å². The van der Waals surface area contributed by atoms with Crippen LogP contribution >= 0.6 is 0 Å². The molecule has 0 saturated carbocycles. The smallest absolute Gasteiger partial charge is 0.116 e. The number of fused-ring (bicyclic) bond motifs is 2. The molecule has 4 rings (SSSR count). The first-order chi connectivity index (χ1) is 9.43. The van der Waals surface area contributed by atoms with Crippen LogP contribution in [0.3, 0.4) is 0 Å². The third-order valence-electron chi connectivity index (χ3n) is 3.51. The summed E-state index contributed by atoms with van der Waals surface area (Å²) >= 11 is 0. The van der Waals surface area contributed by atoms with Gasteiger partial charge in [0, 0.05) is 29.7 Å². The highest BCUT2D eigenvalue weighted by molar-refractivity contribution is 5.76. The normalized spacial score (nSPS) is 20.0. The Labute approximate surface area is 113 Å². The largest absolute Gasteiger partial charge is 0.388 e. The number of hydrogen-bond donors (Lipinski definition) is 1. The van der Waals surface area contributed by atoms with E-state index in [1.807, 2.05) is 30.5 Å². The Morgan fingerprint density at radius 2 is 2.16 bits per heavy atom. The van der Waals surface area contributed by atoms with Gasteiger partial charge in [-0.05, 0) is 25.0 Å². The molecule has 0 radical (unpaired) electrons. The van der Waals surface area contributed by atoms with Gasteiger partial charge in [-0.2, -0.15) is 0 Å². The maximum absolute atomic E-state index is 4.07. The molecule has 1 saturated heterocycles. The lowest BCUT2D eigenvalue weighted by atomic mass is 9.97. The van der Waals surface area contributed by atoms with Crippen LogP contribution in [0.2, 0.25) is 0 Å². The highest BCUT2D eigenvalue weighted by atomic mass is 14.9. The monoisotopic (exact) mass is 251 g/mol. The van der Waals surface area contributed by atoms with Gasteiger partial charge in [0.15, 0.2) is 0 Å². The van der Waals surface area contributed by atoms with E-state index in [2.05, 4.69) is 33.5 Å². The number of benzene rings is 1. The zero-order valence-corrected chi connectivity index (χ0v) is 10.8. The Morgan fingerprint density at radius 3 is 3.05 bits per heavy atom. The fourth-order valence-corrected chi connectivity index (χ4v) is 2.47. The molecule has 1 atom stereocenters. The lowest BCUT2D eigenvalue weighted by Gasteiger charge is -2.10. The predicted octanol–water partition coefficient (Wildman–Crippen LogP) is 3.07. The summed E-state index contributed by atoms with van der Waals surface area (Å²) in [6, 6.07) is 7.91. The van der Waals surface area contributed by atoms with Gasteiger partial charge < -0.3 is 5.32 Å². The topological polar surface area (TPSA) is 37.8 Å². The van der Waals surface area contributed by atoms with Crippen molar-refractivity contribution in [3.05, 3.63) is 60.7 Å². The Kier molecular flexibility index (Phi) is 3.54. The second-order valence-electron chi connectivity index (χ2n) is 4.78. The van der Waals surface area contributed by atoms with Crippen LogP contribution in [-0.4, -0.2) is 16.5 Å². The number of aromatic nitrogens is 2. The minimum atomic E-state index is 0.829. The molecule has 2 aliphatic rings. The van der Waals surface area contributed by atoms with Crippen LogP contribution in [0, 0.1) is 5.92 Å². The van der Waals surface area contributed by atoms with Gasteiger partial charge in [-0.15, -0.1) is 0 Å². The van der Waals surface area contributed by atoms with Crippen LogP contribution in [0.25, 0.3) is 10.9 Å². The van der Waals surface area contributed by atoms with Gasteiger partial charge in [0.25, 0.3) is 0 Å². The molecule has 1 aliphatic heterocycles. The summed E-state index contributed by atoms with van der Waals surface area (Å²) in [6.45, 7) is 1.18. The molecule has 96 valence electrons. The summed E-state index contributed by atoms with van der Waals surface area (Å²) in [5, 5.41) is 4.46. The van der Waals surface area contributed by atoms with Crippen molar-refractivity contribution in [2.45, 2.75) is 12.8 Å². The quantitative estimate of drug-likeness (QED) is 0.782. The van der Waals surface area contributed by atoms with E-state index in [4.69, 9.17) is 0 Å². The Hall–Kier alpha value is -2.16. The number of nitrogens with zero attached hydrogens (tertiary/aromatic N) is 2. The lowest BCUT2D eigenvalue weighted by Crippen LogP contribution is -2.07. The molecule has 19 heavy (non-hydrogen) atoms. The van der Waals surface area contributed by atoms with Gasteiger partial charge in [-0.25, -0.2) is 9.97 Å². The molecule has 3 heteroatoms. The van der Waals surface area contributed by atoms with Crippen LogP contribution in [0.5, 0.6) is 0 Å². The van der Waals surface area contributed by atoms with Crippen molar-refractivity contribution < 1.29 is 0 Å². The van der Waals surface area contributed by atoms with Crippen LogP contribution in [0.15, 0.2) is 60.7 Å². The first kappa shape index (κ1) is 11.9. The van der Waals surface area contributed by atoms with Crippen molar-refractivity contribution in [1.82, 2.24) is 15.3 Å². The highest BCUT2D eigenvalue weighted by Gasteiger charge is 2.19. The molecule has 1 unspecified atom stereocenters. The minimum Gasteiger partial charge on any atom is -0.388 e. The first-order valence-electron chi connectivity index (χ1n) is 6.69. The molecule has 3 nitrogen and oxygen atoms in total. The molecule has 2 aromatic rings. The van der Waals surface area contributed by atoms with E-state index in [9.17, 15) is 0 Å². The van der Waals surface area contributed by atoms with Crippen molar-refractivity contribution in [2.75, 3.05) is 6.54 Å². The summed E-state index contributed by atoms with van der Waals surface area (Å²) in [7, 11) is 0. The molecule has 0 bridgehead atoms. The van der Waals surface area contributed by atoms with E-state index in [1.165, 1.54) is 25.1 Å². The number of hydrogen-bond acceptors (Lipinski definition) is 3. The Morgan fingerprint density at radius 1 is 1.21 bits per heavy atom. The standard InChI is InChI=1S/C8H6N2.C8H11N/c1-2-4-8-7(3-1)5-9-6-10-8;1-2-4-8-7(3-1)5-6-9-8/h1-6H;1-2,4,7,9H,3,5-6H2. The summed E-state index contributed by atoms with van der Waals surface area (Å²) in [5.41, 5.74) is 2.45. The maximum atomic E-state index is 4.07. The van der Waals surface area contributed by atoms with Crippen LogP contribution in [0.1, 0.15) is 12.8 Å². The van der Waals surface area contributed by atoms with Gasteiger partial charge in [0.1, 0.15) is 6.33 Å². The number of para-hydroxylation sites is 1. The van der Waals surface area contributed by atoms with E-state index in [1.54, 1.807) is 6.33 Å². The van der Waals surface area contributed by atoms with Gasteiger partial charge in [0.05, 0.1) is 5.52 Å². The third kappa shape index (κ3) is 2.81. The van der Waals surface area contributed by atoms with Crippen molar-refractivity contribution in [1.29, 1.82) is 0 Å². The van der Waals surface area contributed by atoms with Crippen LogP contribution in [-0.2, 0) is 0 Å². The number of rotatable bonds is 0. The fourth-order valence-electron chi connectivity index (χ4n) is 2.47. The molecule has 1 aromatic heterocycles. The molecule has 1 aromatic carbocycles. The van der Waals surface area contributed by atoms with Crippen molar-refractivity contribution in [3.8, 4) is 0 Å². The molecule has 2 heterocycles. The van der Waals surface area contributed by atoms with Crippen molar-refractivity contribution in [2.24, 2.45) is 5.92 Å². The first-order valence-corrected chi connectivity index (χ1v) is 6.69. The molecular weight excluding hydrogens is 234 g/mol. The van der Waals surface area contributed by atoms with E-state index >= 15 is 0 Å². The average molecular weight is 251 g/mol.